The summed E-state index contributed by atoms with van der Waals surface area (Å²) < 4.78 is 10.6. The fourth-order valence-corrected chi connectivity index (χ4v) is 3.93. The Hall–Kier alpha value is -1.59. The molecule has 0 heterocycles. The van der Waals surface area contributed by atoms with E-state index in [0.717, 1.165) is 37.1 Å². The fourth-order valence-electron chi connectivity index (χ4n) is 3.93. The maximum Gasteiger partial charge on any atom is 0.232 e. The van der Waals surface area contributed by atoms with Gasteiger partial charge in [0.2, 0.25) is 5.91 Å². The van der Waals surface area contributed by atoms with Crippen molar-refractivity contribution in [1.29, 1.82) is 0 Å². The number of aliphatic hydroxyl groups is 1. The van der Waals surface area contributed by atoms with Crippen LogP contribution in [0, 0.1) is 5.41 Å². The molecule has 1 N–H and O–H groups in total. The van der Waals surface area contributed by atoms with E-state index in [9.17, 15) is 9.90 Å². The molecule has 1 aromatic carbocycles. The first-order valence-electron chi connectivity index (χ1n) is 10.1. The number of hydrogen-bond acceptors (Lipinski definition) is 4. The summed E-state index contributed by atoms with van der Waals surface area (Å²) >= 11 is 0. The molecule has 0 radical (unpaired) electrons. The van der Waals surface area contributed by atoms with Crippen LogP contribution in [0.25, 0.3) is 0 Å². The number of benzene rings is 1. The van der Waals surface area contributed by atoms with Crippen LogP contribution >= 0.6 is 0 Å². The Kier molecular flexibility index (Phi) is 7.68. The maximum atomic E-state index is 13.3. The zero-order chi connectivity index (χ0) is 19.9. The van der Waals surface area contributed by atoms with E-state index in [2.05, 4.69) is 6.92 Å². The van der Waals surface area contributed by atoms with Crippen molar-refractivity contribution in [3.8, 4) is 5.75 Å². The number of nitrogens with zero attached hydrogens (tertiary/aromatic N) is 1. The van der Waals surface area contributed by atoms with Crippen molar-refractivity contribution < 1.29 is 19.4 Å². The average molecular weight is 378 g/mol. The molecule has 2 rings (SSSR count). The summed E-state index contributed by atoms with van der Waals surface area (Å²) in [6, 6.07) is 7.65. The van der Waals surface area contributed by atoms with Crippen LogP contribution in [-0.2, 0) is 9.53 Å². The largest absolute Gasteiger partial charge is 0.491 e. The number of anilines is 1. The molecule has 0 unspecified atom stereocenters. The van der Waals surface area contributed by atoms with Crippen molar-refractivity contribution in [3.05, 3.63) is 24.3 Å². The summed E-state index contributed by atoms with van der Waals surface area (Å²) in [5.41, 5.74) is -0.117. The highest BCUT2D eigenvalue weighted by Gasteiger charge is 2.44. The summed E-state index contributed by atoms with van der Waals surface area (Å²) in [6.07, 6.45) is 4.66. The van der Waals surface area contributed by atoms with Gasteiger partial charge in [-0.15, -0.1) is 0 Å². The zero-order valence-electron chi connectivity index (χ0n) is 17.3. The minimum absolute atomic E-state index is 0.150. The number of rotatable bonds is 9. The molecule has 152 valence electrons. The van der Waals surface area contributed by atoms with Crippen LogP contribution in [0.5, 0.6) is 5.75 Å². The predicted octanol–water partition coefficient (Wildman–Crippen LogP) is 4.18. The van der Waals surface area contributed by atoms with Crippen LogP contribution in [0.4, 0.5) is 5.69 Å². The van der Waals surface area contributed by atoms with Gasteiger partial charge in [0.05, 0.1) is 12.2 Å². The van der Waals surface area contributed by atoms with Gasteiger partial charge in [0.1, 0.15) is 12.4 Å². The van der Waals surface area contributed by atoms with Crippen molar-refractivity contribution in [1.82, 2.24) is 0 Å². The van der Waals surface area contributed by atoms with Gasteiger partial charge in [-0.25, -0.2) is 0 Å². The van der Waals surface area contributed by atoms with Gasteiger partial charge in [0, 0.05) is 24.8 Å². The standard InChI is InChI=1S/C22H35NO4/c1-5-11-22(25)14-12-21(3,13-15-22)20(24)23(6-2)18-7-9-19(10-8-18)27-17-16-26-4/h7-10,25H,5-6,11-17H2,1-4H3. The highest BCUT2D eigenvalue weighted by molar-refractivity contribution is 5.97. The van der Waals surface area contributed by atoms with E-state index in [1.807, 2.05) is 43.0 Å². The Morgan fingerprint density at radius 1 is 1.11 bits per heavy atom. The first-order chi connectivity index (χ1) is 12.9. The minimum Gasteiger partial charge on any atom is -0.491 e. The summed E-state index contributed by atoms with van der Waals surface area (Å²) in [5.74, 6) is 0.921. The highest BCUT2D eigenvalue weighted by Crippen LogP contribution is 2.44. The minimum atomic E-state index is -0.591. The van der Waals surface area contributed by atoms with Crippen molar-refractivity contribution in [2.75, 3.05) is 31.8 Å². The van der Waals surface area contributed by atoms with E-state index in [4.69, 9.17) is 9.47 Å². The molecule has 5 nitrogen and oxygen atoms in total. The lowest BCUT2D eigenvalue weighted by molar-refractivity contribution is -0.132. The molecule has 1 aliphatic rings. The molecule has 1 saturated carbocycles. The quantitative estimate of drug-likeness (QED) is 0.656. The molecule has 0 spiro atoms. The van der Waals surface area contributed by atoms with Gasteiger partial charge in [-0.05, 0) is 63.3 Å². The van der Waals surface area contributed by atoms with Crippen LogP contribution in [0.3, 0.4) is 0 Å². The van der Waals surface area contributed by atoms with Gasteiger partial charge < -0.3 is 19.5 Å². The Bertz CT molecular complexity index is 591. The lowest BCUT2D eigenvalue weighted by Crippen LogP contribution is -2.47. The van der Waals surface area contributed by atoms with E-state index in [0.29, 0.717) is 32.6 Å². The maximum absolute atomic E-state index is 13.3. The number of carbonyl (C=O) groups excluding carboxylic acids is 1. The van der Waals surface area contributed by atoms with E-state index >= 15 is 0 Å². The highest BCUT2D eigenvalue weighted by atomic mass is 16.5. The summed E-state index contributed by atoms with van der Waals surface area (Å²) in [7, 11) is 1.64. The predicted molar refractivity (Wildman–Crippen MR) is 108 cm³/mol. The third-order valence-electron chi connectivity index (χ3n) is 5.78. The number of methoxy groups -OCH3 is 1. The zero-order valence-corrected chi connectivity index (χ0v) is 17.3. The molecule has 0 bridgehead atoms. The topological polar surface area (TPSA) is 59.0 Å². The van der Waals surface area contributed by atoms with E-state index in [1.165, 1.54) is 0 Å². The van der Waals surface area contributed by atoms with E-state index < -0.39 is 11.0 Å². The van der Waals surface area contributed by atoms with Gasteiger partial charge in [0.15, 0.2) is 0 Å². The van der Waals surface area contributed by atoms with E-state index in [1.54, 1.807) is 7.11 Å². The molecule has 1 fully saturated rings. The number of hydrogen-bond donors (Lipinski definition) is 1. The monoisotopic (exact) mass is 377 g/mol. The third-order valence-corrected chi connectivity index (χ3v) is 5.78. The first kappa shape index (κ1) is 21.7. The molecular weight excluding hydrogens is 342 g/mol. The molecule has 27 heavy (non-hydrogen) atoms. The van der Waals surface area contributed by atoms with Gasteiger partial charge in [-0.2, -0.15) is 0 Å². The molecule has 1 amide bonds. The molecule has 1 aromatic rings. The summed E-state index contributed by atoms with van der Waals surface area (Å²) in [4.78, 5) is 15.2. The Balaban J connectivity index is 2.05. The lowest BCUT2D eigenvalue weighted by Gasteiger charge is -2.43. The van der Waals surface area contributed by atoms with Crippen LogP contribution in [-0.4, -0.2) is 43.5 Å². The smallest absolute Gasteiger partial charge is 0.232 e. The second-order valence-corrected chi connectivity index (χ2v) is 7.92. The van der Waals surface area contributed by atoms with Gasteiger partial charge in [0.25, 0.3) is 0 Å². The molecule has 0 atom stereocenters. The Morgan fingerprint density at radius 3 is 2.26 bits per heavy atom. The Labute approximate surface area is 163 Å². The van der Waals surface area contributed by atoms with Crippen molar-refractivity contribution >= 4 is 11.6 Å². The van der Waals surface area contributed by atoms with Crippen LogP contribution in [0.15, 0.2) is 24.3 Å². The van der Waals surface area contributed by atoms with Crippen molar-refractivity contribution in [2.24, 2.45) is 5.41 Å². The van der Waals surface area contributed by atoms with Gasteiger partial charge in [-0.1, -0.05) is 20.3 Å². The molecule has 1 aliphatic carbocycles. The average Bonchev–Trinajstić information content (AvgIpc) is 2.67. The van der Waals surface area contributed by atoms with Crippen LogP contribution in [0.1, 0.15) is 59.3 Å². The van der Waals surface area contributed by atoms with Crippen molar-refractivity contribution in [2.45, 2.75) is 64.9 Å². The number of ether oxygens (including phenoxy) is 2. The fraction of sp³-hybridized carbons (Fsp3) is 0.682. The van der Waals surface area contributed by atoms with Gasteiger partial charge in [-0.3, -0.25) is 4.79 Å². The summed E-state index contributed by atoms with van der Waals surface area (Å²) in [6.45, 7) is 7.82. The SMILES string of the molecule is CCCC1(O)CCC(C)(C(=O)N(CC)c2ccc(OCCOC)cc2)CC1. The molecule has 0 aromatic heterocycles. The lowest BCUT2D eigenvalue weighted by atomic mass is 9.68. The third kappa shape index (κ3) is 5.45. The second kappa shape index (κ2) is 9.56. The summed E-state index contributed by atoms with van der Waals surface area (Å²) in [5, 5.41) is 10.7. The van der Waals surface area contributed by atoms with Gasteiger partial charge >= 0.3 is 0 Å². The molecule has 0 aliphatic heterocycles. The molecule has 0 saturated heterocycles. The van der Waals surface area contributed by atoms with E-state index in [-0.39, 0.29) is 5.91 Å². The number of amides is 1. The molecule has 5 heteroatoms. The van der Waals surface area contributed by atoms with Crippen LogP contribution in [0.2, 0.25) is 0 Å². The normalized spacial score (nSPS) is 25.2. The number of carbonyl (C=O) groups is 1. The van der Waals surface area contributed by atoms with Crippen molar-refractivity contribution in [3.63, 3.8) is 0 Å². The van der Waals surface area contributed by atoms with Crippen LogP contribution < -0.4 is 9.64 Å². The first-order valence-corrected chi connectivity index (χ1v) is 10.1. The Morgan fingerprint density at radius 2 is 1.74 bits per heavy atom. The second-order valence-electron chi connectivity index (χ2n) is 7.92. The molecular formula is C22H35NO4.